The zero-order valence-electron chi connectivity index (χ0n) is 10.9. The molecule has 0 saturated heterocycles. The summed E-state index contributed by atoms with van der Waals surface area (Å²) in [5.74, 6) is 0.615. The van der Waals surface area contributed by atoms with Crippen LogP contribution >= 0.6 is 11.8 Å². The molecular formula is C14H17N3OS. The van der Waals surface area contributed by atoms with Gasteiger partial charge in [-0.2, -0.15) is 0 Å². The maximum atomic E-state index is 12.4. The number of amides is 1. The van der Waals surface area contributed by atoms with Crippen molar-refractivity contribution >= 4 is 28.5 Å². The molecule has 0 bridgehead atoms. The van der Waals surface area contributed by atoms with Crippen LogP contribution in [0.3, 0.4) is 0 Å². The van der Waals surface area contributed by atoms with Gasteiger partial charge in [0.25, 0.3) is 0 Å². The van der Waals surface area contributed by atoms with Gasteiger partial charge < -0.3 is 10.2 Å². The van der Waals surface area contributed by atoms with Gasteiger partial charge in [-0.05, 0) is 25.0 Å². The maximum absolute atomic E-state index is 12.4. The Morgan fingerprint density at radius 1 is 1.53 bits per heavy atom. The lowest BCUT2D eigenvalue weighted by molar-refractivity contribution is -0.116. The number of aliphatic imine (C=N–C) groups is 1. The number of thioether (sulfide) groups is 1. The number of hydrogen-bond acceptors (Lipinski definition) is 4. The highest BCUT2D eigenvalue weighted by atomic mass is 32.2. The molecule has 1 aromatic rings. The third-order valence-electron chi connectivity index (χ3n) is 3.45. The predicted molar refractivity (Wildman–Crippen MR) is 79.9 cm³/mol. The molecule has 3 rings (SSSR count). The monoisotopic (exact) mass is 275 g/mol. The summed E-state index contributed by atoms with van der Waals surface area (Å²) in [5, 5.41) is 4.07. The van der Waals surface area contributed by atoms with Gasteiger partial charge in [-0.15, -0.1) is 0 Å². The molecule has 2 heterocycles. The summed E-state index contributed by atoms with van der Waals surface area (Å²) in [5.41, 5.74) is 2.34. The number of carbonyl (C=O) groups is 1. The first-order valence-electron chi connectivity index (χ1n) is 6.57. The molecular weight excluding hydrogens is 258 g/mol. The normalized spacial score (nSPS) is 21.0. The van der Waals surface area contributed by atoms with Crippen LogP contribution in [0.1, 0.15) is 12.5 Å². The van der Waals surface area contributed by atoms with Crippen LogP contribution in [0.2, 0.25) is 0 Å². The van der Waals surface area contributed by atoms with E-state index < -0.39 is 0 Å². The highest BCUT2D eigenvalue weighted by molar-refractivity contribution is 8.14. The number of anilines is 1. The lowest BCUT2D eigenvalue weighted by atomic mass is 10.1. The number of benzene rings is 1. The molecule has 0 spiro atoms. The summed E-state index contributed by atoms with van der Waals surface area (Å²) in [6.45, 7) is 3.81. The van der Waals surface area contributed by atoms with Gasteiger partial charge in [0.05, 0.1) is 12.3 Å². The fourth-order valence-electron chi connectivity index (χ4n) is 2.62. The van der Waals surface area contributed by atoms with E-state index in [2.05, 4.69) is 23.3 Å². The van der Waals surface area contributed by atoms with E-state index >= 15 is 0 Å². The van der Waals surface area contributed by atoms with Crippen LogP contribution in [0.15, 0.2) is 29.3 Å². The van der Waals surface area contributed by atoms with Crippen LogP contribution < -0.4 is 10.2 Å². The summed E-state index contributed by atoms with van der Waals surface area (Å²) in [4.78, 5) is 18.6. The Balaban J connectivity index is 1.69. The van der Waals surface area contributed by atoms with Gasteiger partial charge in [0.2, 0.25) is 5.91 Å². The van der Waals surface area contributed by atoms with Crippen molar-refractivity contribution < 1.29 is 4.79 Å². The van der Waals surface area contributed by atoms with Crippen LogP contribution in [0.5, 0.6) is 0 Å². The molecule has 100 valence electrons. The fourth-order valence-corrected chi connectivity index (χ4v) is 3.40. The van der Waals surface area contributed by atoms with E-state index in [1.807, 2.05) is 23.1 Å². The number of amidine groups is 1. The molecule has 1 unspecified atom stereocenters. The maximum Gasteiger partial charge on any atom is 0.237 e. The highest BCUT2D eigenvalue weighted by Crippen LogP contribution is 2.32. The number of para-hydroxylation sites is 1. The van der Waals surface area contributed by atoms with Crippen molar-refractivity contribution in [3.05, 3.63) is 29.8 Å². The van der Waals surface area contributed by atoms with E-state index in [-0.39, 0.29) is 11.9 Å². The molecule has 2 aliphatic heterocycles. The SMILES string of the molecule is CC1Cc2ccccc2N1C(=O)CSC1=NCCN1. The average Bonchev–Trinajstić information content (AvgIpc) is 3.02. The Bertz CT molecular complexity index is 529. The second-order valence-electron chi connectivity index (χ2n) is 4.85. The third kappa shape index (κ3) is 2.47. The Hall–Kier alpha value is -1.49. The van der Waals surface area contributed by atoms with Gasteiger partial charge in [-0.1, -0.05) is 30.0 Å². The van der Waals surface area contributed by atoms with Crippen molar-refractivity contribution in [2.24, 2.45) is 4.99 Å². The molecule has 4 nitrogen and oxygen atoms in total. The number of rotatable bonds is 2. The van der Waals surface area contributed by atoms with Crippen molar-refractivity contribution in [1.29, 1.82) is 0 Å². The van der Waals surface area contributed by atoms with Crippen LogP contribution in [-0.4, -0.2) is 36.0 Å². The molecule has 1 aromatic carbocycles. The van der Waals surface area contributed by atoms with E-state index in [1.54, 1.807) is 0 Å². The van der Waals surface area contributed by atoms with Gasteiger partial charge in [-0.25, -0.2) is 0 Å². The Labute approximate surface area is 117 Å². The van der Waals surface area contributed by atoms with E-state index in [1.165, 1.54) is 17.3 Å². The summed E-state index contributed by atoms with van der Waals surface area (Å²) in [6.07, 6.45) is 0.950. The second kappa shape index (κ2) is 5.25. The lowest BCUT2D eigenvalue weighted by Crippen LogP contribution is -2.37. The minimum atomic E-state index is 0.166. The largest absolute Gasteiger partial charge is 0.363 e. The van der Waals surface area contributed by atoms with Gasteiger partial charge in [0.1, 0.15) is 0 Å². The van der Waals surface area contributed by atoms with Crippen LogP contribution in [0.4, 0.5) is 5.69 Å². The smallest absolute Gasteiger partial charge is 0.237 e. The number of hydrogen-bond donors (Lipinski definition) is 1. The summed E-state index contributed by atoms with van der Waals surface area (Å²) >= 11 is 1.50. The number of nitrogens with one attached hydrogen (secondary N) is 1. The molecule has 2 aliphatic rings. The first-order valence-corrected chi connectivity index (χ1v) is 7.55. The fraction of sp³-hybridized carbons (Fsp3) is 0.429. The van der Waals surface area contributed by atoms with Crippen LogP contribution in [0.25, 0.3) is 0 Å². The molecule has 0 radical (unpaired) electrons. The molecule has 0 aromatic heterocycles. The molecule has 1 amide bonds. The van der Waals surface area contributed by atoms with E-state index in [9.17, 15) is 4.79 Å². The van der Waals surface area contributed by atoms with Gasteiger partial charge >= 0.3 is 0 Å². The Kier molecular flexibility index (Phi) is 3.46. The number of fused-ring (bicyclic) bond motifs is 1. The van der Waals surface area contributed by atoms with E-state index in [0.29, 0.717) is 5.75 Å². The van der Waals surface area contributed by atoms with Crippen molar-refractivity contribution in [2.45, 2.75) is 19.4 Å². The molecule has 1 N–H and O–H groups in total. The van der Waals surface area contributed by atoms with Crippen molar-refractivity contribution in [2.75, 3.05) is 23.7 Å². The van der Waals surface area contributed by atoms with E-state index in [0.717, 1.165) is 30.4 Å². The molecule has 0 saturated carbocycles. The van der Waals surface area contributed by atoms with Crippen molar-refractivity contribution in [3.63, 3.8) is 0 Å². The third-order valence-corrected chi connectivity index (χ3v) is 4.39. The Morgan fingerprint density at radius 3 is 3.16 bits per heavy atom. The summed E-state index contributed by atoms with van der Waals surface area (Å²) < 4.78 is 0. The topological polar surface area (TPSA) is 44.7 Å². The quantitative estimate of drug-likeness (QED) is 0.892. The first kappa shape index (κ1) is 12.5. The van der Waals surface area contributed by atoms with Crippen LogP contribution in [-0.2, 0) is 11.2 Å². The van der Waals surface area contributed by atoms with Gasteiger partial charge in [0, 0.05) is 18.3 Å². The highest BCUT2D eigenvalue weighted by Gasteiger charge is 2.30. The number of nitrogens with zero attached hydrogens (tertiary/aromatic N) is 2. The minimum Gasteiger partial charge on any atom is -0.363 e. The van der Waals surface area contributed by atoms with E-state index in [4.69, 9.17) is 0 Å². The second-order valence-corrected chi connectivity index (χ2v) is 5.81. The van der Waals surface area contributed by atoms with Crippen molar-refractivity contribution in [1.82, 2.24) is 5.32 Å². The van der Waals surface area contributed by atoms with Gasteiger partial charge in [-0.3, -0.25) is 9.79 Å². The lowest BCUT2D eigenvalue weighted by Gasteiger charge is -2.22. The standard InChI is InChI=1S/C14H17N3OS/c1-10-8-11-4-2-3-5-12(11)17(10)13(18)9-19-14-15-6-7-16-14/h2-5,10H,6-9H2,1H3,(H,15,16). The summed E-state index contributed by atoms with van der Waals surface area (Å²) in [7, 11) is 0. The predicted octanol–water partition coefficient (Wildman–Crippen LogP) is 1.66. The van der Waals surface area contributed by atoms with Crippen molar-refractivity contribution in [3.8, 4) is 0 Å². The number of carbonyl (C=O) groups excluding carboxylic acids is 1. The van der Waals surface area contributed by atoms with Gasteiger partial charge in [0.15, 0.2) is 5.17 Å². The zero-order valence-corrected chi connectivity index (χ0v) is 11.7. The molecule has 5 heteroatoms. The molecule has 19 heavy (non-hydrogen) atoms. The molecule has 0 fully saturated rings. The zero-order chi connectivity index (χ0) is 13.2. The molecule has 0 aliphatic carbocycles. The minimum absolute atomic E-state index is 0.166. The average molecular weight is 275 g/mol. The molecule has 1 atom stereocenters. The Morgan fingerprint density at radius 2 is 2.37 bits per heavy atom. The van der Waals surface area contributed by atoms with Crippen LogP contribution in [0, 0.1) is 0 Å². The summed E-state index contributed by atoms with van der Waals surface area (Å²) in [6, 6.07) is 8.42. The first-order chi connectivity index (χ1) is 9.25.